The quantitative estimate of drug-likeness (QED) is 0.683. The van der Waals surface area contributed by atoms with Crippen molar-refractivity contribution in [1.82, 2.24) is 0 Å². The zero-order valence-electron chi connectivity index (χ0n) is 6.23. The molecule has 13 heavy (non-hydrogen) atoms. The molecule has 0 radical (unpaired) electrons. The SMILES string of the molecule is O=C(c1cc(F)ccc1Cl)C(F)F. The summed E-state index contributed by atoms with van der Waals surface area (Å²) in [6, 6.07) is 2.74. The molecule has 1 nitrogen and oxygen atoms in total. The fourth-order valence-electron chi connectivity index (χ4n) is 0.804. The lowest BCUT2D eigenvalue weighted by molar-refractivity contribution is 0.0678. The van der Waals surface area contributed by atoms with Crippen LogP contribution in [0.4, 0.5) is 13.2 Å². The maximum Gasteiger partial charge on any atom is 0.300 e. The number of Topliss-reactive ketones (excluding diaryl/α,β-unsaturated/α-hetero) is 1. The monoisotopic (exact) mass is 208 g/mol. The van der Waals surface area contributed by atoms with E-state index in [1.165, 1.54) is 0 Å². The highest BCUT2D eigenvalue weighted by Gasteiger charge is 2.20. The molecule has 0 bridgehead atoms. The molecule has 0 saturated heterocycles. The molecule has 0 heterocycles. The van der Waals surface area contributed by atoms with Crippen LogP contribution in [0.1, 0.15) is 10.4 Å². The molecule has 0 atom stereocenters. The van der Waals surface area contributed by atoms with Crippen LogP contribution in [0, 0.1) is 5.82 Å². The van der Waals surface area contributed by atoms with Crippen LogP contribution in [-0.4, -0.2) is 12.2 Å². The van der Waals surface area contributed by atoms with Crippen molar-refractivity contribution in [2.45, 2.75) is 6.43 Å². The maximum atomic E-state index is 12.5. The minimum Gasteiger partial charge on any atom is -0.288 e. The Morgan fingerprint density at radius 2 is 2.00 bits per heavy atom. The van der Waals surface area contributed by atoms with Crippen LogP contribution < -0.4 is 0 Å². The van der Waals surface area contributed by atoms with E-state index in [9.17, 15) is 18.0 Å². The molecule has 0 unspecified atom stereocenters. The number of hydrogen-bond donors (Lipinski definition) is 0. The molecular formula is C8H4ClF3O. The summed E-state index contributed by atoms with van der Waals surface area (Å²) in [5.74, 6) is -2.24. The van der Waals surface area contributed by atoms with E-state index in [-0.39, 0.29) is 5.02 Å². The van der Waals surface area contributed by atoms with Crippen LogP contribution in [0.25, 0.3) is 0 Å². The summed E-state index contributed by atoms with van der Waals surface area (Å²) in [5, 5.41) is -0.174. The van der Waals surface area contributed by atoms with Gasteiger partial charge < -0.3 is 0 Å². The number of alkyl halides is 2. The smallest absolute Gasteiger partial charge is 0.288 e. The van der Waals surface area contributed by atoms with Gasteiger partial charge in [0.1, 0.15) is 5.82 Å². The van der Waals surface area contributed by atoms with Gasteiger partial charge >= 0.3 is 6.43 Å². The van der Waals surface area contributed by atoms with Crippen molar-refractivity contribution in [3.63, 3.8) is 0 Å². The zero-order chi connectivity index (χ0) is 10.0. The van der Waals surface area contributed by atoms with Gasteiger partial charge in [0.25, 0.3) is 0 Å². The third kappa shape index (κ3) is 2.21. The van der Waals surface area contributed by atoms with Gasteiger partial charge in [0, 0.05) is 5.56 Å². The predicted octanol–water partition coefficient (Wildman–Crippen LogP) is 2.93. The Morgan fingerprint density at radius 1 is 1.38 bits per heavy atom. The Hall–Kier alpha value is -1.03. The maximum absolute atomic E-state index is 12.5. The van der Waals surface area contributed by atoms with Crippen LogP contribution in [0.2, 0.25) is 5.02 Å². The van der Waals surface area contributed by atoms with Crippen molar-refractivity contribution >= 4 is 17.4 Å². The first-order valence-electron chi connectivity index (χ1n) is 3.30. The standard InChI is InChI=1S/C8H4ClF3O/c9-6-2-1-4(10)3-5(6)7(13)8(11)12/h1-3,8H. The second kappa shape index (κ2) is 3.79. The number of ketones is 1. The molecule has 0 saturated carbocycles. The highest BCUT2D eigenvalue weighted by atomic mass is 35.5. The van der Waals surface area contributed by atoms with Gasteiger partial charge in [-0.2, -0.15) is 0 Å². The molecule has 0 fully saturated rings. The molecule has 0 aliphatic carbocycles. The molecule has 0 aliphatic rings. The minimum atomic E-state index is -3.17. The Balaban J connectivity index is 3.13. The van der Waals surface area contributed by atoms with Gasteiger partial charge in [0.2, 0.25) is 5.78 Å². The number of carbonyl (C=O) groups is 1. The fourth-order valence-corrected chi connectivity index (χ4v) is 1.01. The molecule has 0 spiro atoms. The summed E-state index contributed by atoms with van der Waals surface area (Å²) in [6.45, 7) is 0. The number of hydrogen-bond acceptors (Lipinski definition) is 1. The Morgan fingerprint density at radius 3 is 2.54 bits per heavy atom. The largest absolute Gasteiger partial charge is 0.300 e. The van der Waals surface area contributed by atoms with Gasteiger partial charge in [-0.05, 0) is 18.2 Å². The van der Waals surface area contributed by atoms with E-state index in [0.29, 0.717) is 6.07 Å². The Kier molecular flexibility index (Phi) is 2.93. The molecule has 1 aromatic carbocycles. The molecule has 1 rings (SSSR count). The number of halogens is 4. The summed E-state index contributed by atoms with van der Waals surface area (Å²) < 4.78 is 36.3. The van der Waals surface area contributed by atoms with Crippen molar-refractivity contribution in [1.29, 1.82) is 0 Å². The van der Waals surface area contributed by atoms with Crippen LogP contribution in [0.15, 0.2) is 18.2 Å². The van der Waals surface area contributed by atoms with Gasteiger partial charge in [-0.25, -0.2) is 13.2 Å². The molecule has 0 amide bonds. The highest BCUT2D eigenvalue weighted by molar-refractivity contribution is 6.34. The van der Waals surface area contributed by atoms with E-state index in [4.69, 9.17) is 11.6 Å². The first-order valence-corrected chi connectivity index (χ1v) is 3.67. The van der Waals surface area contributed by atoms with Crippen LogP contribution >= 0.6 is 11.6 Å². The summed E-state index contributed by atoms with van der Waals surface area (Å²) in [7, 11) is 0. The van der Waals surface area contributed by atoms with E-state index in [1.54, 1.807) is 0 Å². The molecule has 0 aromatic heterocycles. The topological polar surface area (TPSA) is 17.1 Å². The Bertz CT molecular complexity index is 338. The van der Waals surface area contributed by atoms with Gasteiger partial charge in [-0.3, -0.25) is 4.79 Å². The van der Waals surface area contributed by atoms with Gasteiger partial charge in [-0.1, -0.05) is 11.6 Å². The third-order valence-corrected chi connectivity index (χ3v) is 1.72. The van der Waals surface area contributed by atoms with Crippen molar-refractivity contribution in [2.75, 3.05) is 0 Å². The average Bonchev–Trinajstić information content (AvgIpc) is 2.08. The first-order chi connectivity index (χ1) is 6.02. The second-order valence-electron chi connectivity index (χ2n) is 2.29. The van der Waals surface area contributed by atoms with E-state index >= 15 is 0 Å². The van der Waals surface area contributed by atoms with Crippen molar-refractivity contribution < 1.29 is 18.0 Å². The lowest BCUT2D eigenvalue weighted by Gasteiger charge is -2.01. The molecule has 0 aliphatic heterocycles. The van der Waals surface area contributed by atoms with Crippen LogP contribution in [0.3, 0.4) is 0 Å². The van der Waals surface area contributed by atoms with E-state index in [1.807, 2.05) is 0 Å². The number of benzene rings is 1. The summed E-state index contributed by atoms with van der Waals surface area (Å²) in [4.78, 5) is 10.7. The van der Waals surface area contributed by atoms with Gasteiger partial charge in [-0.15, -0.1) is 0 Å². The van der Waals surface area contributed by atoms with Crippen LogP contribution in [0.5, 0.6) is 0 Å². The molecular weight excluding hydrogens is 205 g/mol. The summed E-state index contributed by atoms with van der Waals surface area (Å²) in [6.07, 6.45) is -3.17. The molecule has 0 N–H and O–H groups in total. The lowest BCUT2D eigenvalue weighted by atomic mass is 10.1. The lowest BCUT2D eigenvalue weighted by Crippen LogP contribution is -2.10. The van der Waals surface area contributed by atoms with Crippen LogP contribution in [-0.2, 0) is 0 Å². The predicted molar refractivity (Wildman–Crippen MR) is 41.7 cm³/mol. The fraction of sp³-hybridized carbons (Fsp3) is 0.125. The molecule has 1 aromatic rings. The first kappa shape index (κ1) is 10.1. The highest BCUT2D eigenvalue weighted by Crippen LogP contribution is 2.19. The normalized spacial score (nSPS) is 10.5. The minimum absolute atomic E-state index is 0.174. The van der Waals surface area contributed by atoms with Crippen molar-refractivity contribution in [3.05, 3.63) is 34.6 Å². The number of rotatable bonds is 2. The Labute approximate surface area is 77.1 Å². The van der Waals surface area contributed by atoms with Gasteiger partial charge in [0.15, 0.2) is 0 Å². The summed E-state index contributed by atoms with van der Waals surface area (Å²) >= 11 is 5.41. The zero-order valence-corrected chi connectivity index (χ0v) is 6.99. The van der Waals surface area contributed by atoms with Gasteiger partial charge in [0.05, 0.1) is 5.02 Å². The average molecular weight is 209 g/mol. The molecule has 70 valence electrons. The van der Waals surface area contributed by atoms with E-state index in [2.05, 4.69) is 0 Å². The molecule has 5 heteroatoms. The van der Waals surface area contributed by atoms with Crippen molar-refractivity contribution in [2.24, 2.45) is 0 Å². The number of carbonyl (C=O) groups excluding carboxylic acids is 1. The van der Waals surface area contributed by atoms with Crippen molar-refractivity contribution in [3.8, 4) is 0 Å². The van der Waals surface area contributed by atoms with E-state index < -0.39 is 23.6 Å². The summed E-state index contributed by atoms with van der Waals surface area (Å²) in [5.41, 5.74) is -0.489. The van der Waals surface area contributed by atoms with E-state index in [0.717, 1.165) is 12.1 Å². The third-order valence-electron chi connectivity index (χ3n) is 1.39. The second-order valence-corrected chi connectivity index (χ2v) is 2.70.